The first-order valence-corrected chi connectivity index (χ1v) is 10.6. The Morgan fingerprint density at radius 2 is 2.11 bits per heavy atom. The number of aromatic nitrogens is 1. The predicted octanol–water partition coefficient (Wildman–Crippen LogP) is 4.21. The maximum atomic E-state index is 12.4. The number of rotatable bonds is 13. The van der Waals surface area contributed by atoms with Gasteiger partial charge >= 0.3 is 0 Å². The Hall–Kier alpha value is -2.21. The Morgan fingerprint density at radius 1 is 1.22 bits per heavy atom. The van der Waals surface area contributed by atoms with Gasteiger partial charge in [-0.05, 0) is 47.4 Å². The van der Waals surface area contributed by atoms with E-state index >= 15 is 0 Å². The van der Waals surface area contributed by atoms with E-state index in [4.69, 9.17) is 0 Å². The molecule has 0 radical (unpaired) electrons. The largest absolute Gasteiger partial charge is 0.382 e. The summed E-state index contributed by atoms with van der Waals surface area (Å²) in [6.45, 7) is 2.57. The Balaban J connectivity index is 1.79. The number of unbranched alkanes of at least 4 members (excludes halogenated alkanes) is 2. The first-order valence-electron chi connectivity index (χ1n) is 9.63. The number of ketones is 1. The minimum Gasteiger partial charge on any atom is -0.382 e. The number of Topliss-reactive ketones (excluding diaryl/α,β-unsaturated/α-hetero) is 1. The number of hydrogen-bond acceptors (Lipinski definition) is 5. The number of carbonyl (C=O) groups excluding carboxylic acids is 2. The highest BCUT2D eigenvalue weighted by Crippen LogP contribution is 2.11. The van der Waals surface area contributed by atoms with Crippen LogP contribution in [0.4, 0.5) is 5.69 Å². The fourth-order valence-corrected chi connectivity index (χ4v) is 3.53. The molecule has 0 bridgehead atoms. The van der Waals surface area contributed by atoms with Crippen LogP contribution >= 0.6 is 11.3 Å². The highest BCUT2D eigenvalue weighted by molar-refractivity contribution is 7.08. The summed E-state index contributed by atoms with van der Waals surface area (Å²) < 4.78 is 0. The van der Waals surface area contributed by atoms with Crippen molar-refractivity contribution in [3.8, 4) is 0 Å². The van der Waals surface area contributed by atoms with Crippen LogP contribution in [0.5, 0.6) is 0 Å². The minimum atomic E-state index is 0.0487. The van der Waals surface area contributed by atoms with Gasteiger partial charge in [-0.2, -0.15) is 11.3 Å². The summed E-state index contributed by atoms with van der Waals surface area (Å²) in [6, 6.07) is 5.89. The molecular formula is C21H29N3O2S. The van der Waals surface area contributed by atoms with Crippen molar-refractivity contribution >= 4 is 28.7 Å². The lowest BCUT2D eigenvalue weighted by Gasteiger charge is -2.20. The minimum absolute atomic E-state index is 0.0487. The fraction of sp³-hybridized carbons (Fsp3) is 0.476. The second-order valence-corrected chi connectivity index (χ2v) is 7.47. The molecule has 27 heavy (non-hydrogen) atoms. The summed E-state index contributed by atoms with van der Waals surface area (Å²) in [5, 5.41) is 10.5. The molecule has 2 N–H and O–H groups in total. The van der Waals surface area contributed by atoms with Gasteiger partial charge in [0.15, 0.2) is 0 Å². The predicted molar refractivity (Wildman–Crippen MR) is 111 cm³/mol. The molecule has 0 fully saturated rings. The van der Waals surface area contributed by atoms with Gasteiger partial charge in [-0.25, -0.2) is 0 Å². The van der Waals surface area contributed by atoms with Crippen molar-refractivity contribution in [3.63, 3.8) is 0 Å². The quantitative estimate of drug-likeness (QED) is 0.505. The monoisotopic (exact) mass is 387 g/mol. The van der Waals surface area contributed by atoms with Crippen molar-refractivity contribution < 1.29 is 9.59 Å². The van der Waals surface area contributed by atoms with Crippen LogP contribution in [-0.4, -0.2) is 29.3 Å². The van der Waals surface area contributed by atoms with E-state index in [1.165, 1.54) is 0 Å². The zero-order chi connectivity index (χ0) is 19.3. The topological polar surface area (TPSA) is 71.1 Å². The van der Waals surface area contributed by atoms with E-state index in [9.17, 15) is 9.59 Å². The number of nitrogens with one attached hydrogen (secondary N) is 2. The van der Waals surface area contributed by atoms with Crippen molar-refractivity contribution in [2.75, 3.05) is 11.9 Å². The van der Waals surface area contributed by atoms with Gasteiger partial charge in [-0.3, -0.25) is 14.6 Å². The molecule has 5 nitrogen and oxygen atoms in total. The van der Waals surface area contributed by atoms with Crippen LogP contribution in [0.3, 0.4) is 0 Å². The fourth-order valence-electron chi connectivity index (χ4n) is 2.86. The van der Waals surface area contributed by atoms with E-state index in [-0.39, 0.29) is 11.9 Å². The van der Waals surface area contributed by atoms with Crippen LogP contribution in [0.1, 0.15) is 51.0 Å². The van der Waals surface area contributed by atoms with E-state index in [0.717, 1.165) is 36.9 Å². The third kappa shape index (κ3) is 8.82. The SMILES string of the molecule is CCC(=O)CCCCCC(CNc1cccnc1)NC(=O)Cc1ccsc1. The summed E-state index contributed by atoms with van der Waals surface area (Å²) in [6.07, 6.45) is 9.04. The molecule has 0 aliphatic heterocycles. The lowest BCUT2D eigenvalue weighted by molar-refractivity contribution is -0.121. The van der Waals surface area contributed by atoms with Crippen molar-refractivity contribution in [2.24, 2.45) is 0 Å². The standard InChI is InChI=1S/C21H29N3O2S/c1-2-20(25)9-5-3-4-7-19(15-23-18-8-6-11-22-14-18)24-21(26)13-17-10-12-27-16-17/h6,8,10-12,14,16,19,23H,2-5,7,9,13,15H2,1H3,(H,24,26). The van der Waals surface area contributed by atoms with Gasteiger partial charge in [0.1, 0.15) is 5.78 Å². The lowest BCUT2D eigenvalue weighted by Crippen LogP contribution is -2.40. The molecule has 146 valence electrons. The van der Waals surface area contributed by atoms with Gasteiger partial charge in [0.2, 0.25) is 5.91 Å². The first kappa shape index (κ1) is 21.1. The number of anilines is 1. The Morgan fingerprint density at radius 3 is 2.81 bits per heavy atom. The molecule has 0 saturated heterocycles. The van der Waals surface area contributed by atoms with E-state index in [1.54, 1.807) is 23.7 Å². The number of hydrogen-bond donors (Lipinski definition) is 2. The van der Waals surface area contributed by atoms with Gasteiger partial charge in [-0.1, -0.05) is 19.8 Å². The summed E-state index contributed by atoms with van der Waals surface area (Å²) in [4.78, 5) is 27.9. The highest BCUT2D eigenvalue weighted by Gasteiger charge is 2.13. The summed E-state index contributed by atoms with van der Waals surface area (Å²) in [5.74, 6) is 0.376. The van der Waals surface area contributed by atoms with Gasteiger partial charge in [0, 0.05) is 37.8 Å². The van der Waals surface area contributed by atoms with Crippen LogP contribution in [0.25, 0.3) is 0 Å². The average Bonchev–Trinajstić information content (AvgIpc) is 3.19. The molecule has 1 amide bonds. The van der Waals surface area contributed by atoms with Crippen molar-refractivity contribution in [1.82, 2.24) is 10.3 Å². The van der Waals surface area contributed by atoms with E-state index in [0.29, 0.717) is 31.6 Å². The second-order valence-electron chi connectivity index (χ2n) is 6.69. The van der Waals surface area contributed by atoms with Crippen LogP contribution in [0.15, 0.2) is 41.4 Å². The lowest BCUT2D eigenvalue weighted by atomic mass is 10.0. The van der Waals surface area contributed by atoms with Crippen molar-refractivity contribution in [3.05, 3.63) is 46.9 Å². The molecule has 1 atom stereocenters. The summed E-state index contributed by atoms with van der Waals surface area (Å²) >= 11 is 1.60. The number of thiophene rings is 1. The van der Waals surface area contributed by atoms with Gasteiger partial charge in [0.25, 0.3) is 0 Å². The molecule has 2 heterocycles. The van der Waals surface area contributed by atoms with Gasteiger partial charge < -0.3 is 10.6 Å². The number of carbonyl (C=O) groups is 2. The third-order valence-electron chi connectivity index (χ3n) is 4.43. The van der Waals surface area contributed by atoms with Crippen LogP contribution in [-0.2, 0) is 16.0 Å². The van der Waals surface area contributed by atoms with E-state index < -0.39 is 0 Å². The molecular weight excluding hydrogens is 358 g/mol. The Kier molecular flexibility index (Phi) is 9.55. The molecule has 0 aromatic carbocycles. The van der Waals surface area contributed by atoms with Crippen molar-refractivity contribution in [1.29, 1.82) is 0 Å². The smallest absolute Gasteiger partial charge is 0.224 e. The summed E-state index contributed by atoms with van der Waals surface area (Å²) in [5.41, 5.74) is 2.00. The molecule has 2 rings (SSSR count). The summed E-state index contributed by atoms with van der Waals surface area (Å²) in [7, 11) is 0. The molecule has 1 unspecified atom stereocenters. The van der Waals surface area contributed by atoms with Crippen LogP contribution in [0, 0.1) is 0 Å². The third-order valence-corrected chi connectivity index (χ3v) is 5.16. The van der Waals surface area contributed by atoms with E-state index in [2.05, 4.69) is 15.6 Å². The van der Waals surface area contributed by atoms with Crippen LogP contribution in [0.2, 0.25) is 0 Å². The molecule has 0 aliphatic rings. The maximum absolute atomic E-state index is 12.4. The molecule has 2 aromatic rings. The normalized spacial score (nSPS) is 11.7. The second kappa shape index (κ2) is 12.2. The molecule has 6 heteroatoms. The van der Waals surface area contributed by atoms with Crippen LogP contribution < -0.4 is 10.6 Å². The molecule has 0 spiro atoms. The highest BCUT2D eigenvalue weighted by atomic mass is 32.1. The molecule has 0 saturated carbocycles. The molecule has 2 aromatic heterocycles. The number of pyridine rings is 1. The maximum Gasteiger partial charge on any atom is 0.224 e. The molecule has 0 aliphatic carbocycles. The van der Waals surface area contributed by atoms with Gasteiger partial charge in [-0.15, -0.1) is 0 Å². The first-order chi connectivity index (χ1) is 13.2. The van der Waals surface area contributed by atoms with E-state index in [1.807, 2.05) is 35.9 Å². The average molecular weight is 388 g/mol. The zero-order valence-electron chi connectivity index (χ0n) is 15.9. The van der Waals surface area contributed by atoms with Gasteiger partial charge in [0.05, 0.1) is 12.1 Å². The number of amides is 1. The Labute approximate surface area is 165 Å². The number of nitrogens with zero attached hydrogens (tertiary/aromatic N) is 1. The Bertz CT molecular complexity index is 674. The van der Waals surface area contributed by atoms with Crippen molar-refractivity contribution in [2.45, 2.75) is 57.9 Å². The zero-order valence-corrected chi connectivity index (χ0v) is 16.8.